The fourth-order valence-corrected chi connectivity index (χ4v) is 3.31. The number of carbonyl (C=O) groups excluding carboxylic acids is 1. The molecular weight excluding hydrogens is 314 g/mol. The van der Waals surface area contributed by atoms with Crippen molar-refractivity contribution in [3.63, 3.8) is 0 Å². The first-order valence-corrected chi connectivity index (χ1v) is 8.24. The van der Waals surface area contributed by atoms with Gasteiger partial charge in [-0.2, -0.15) is 5.10 Å². The van der Waals surface area contributed by atoms with Gasteiger partial charge in [0.1, 0.15) is 5.75 Å². The molecular formula is C20H19N3O2. The normalized spacial score (nSPS) is 14.5. The molecule has 1 aromatic heterocycles. The number of H-pyrrole nitrogens is 1. The van der Waals surface area contributed by atoms with Crippen molar-refractivity contribution >= 4 is 5.91 Å². The molecule has 4 rings (SSSR count). The molecule has 0 fully saturated rings. The summed E-state index contributed by atoms with van der Waals surface area (Å²) in [5.74, 6) is 0.867. The van der Waals surface area contributed by atoms with Crippen LogP contribution in [0.15, 0.2) is 54.9 Å². The van der Waals surface area contributed by atoms with Crippen LogP contribution in [0.1, 0.15) is 34.5 Å². The van der Waals surface area contributed by atoms with Crippen LogP contribution in [-0.2, 0) is 6.54 Å². The Hall–Kier alpha value is -3.08. The smallest absolute Gasteiger partial charge is 0.255 e. The van der Waals surface area contributed by atoms with Gasteiger partial charge in [-0.25, -0.2) is 0 Å². The van der Waals surface area contributed by atoms with E-state index in [4.69, 9.17) is 4.74 Å². The second-order valence-corrected chi connectivity index (χ2v) is 6.24. The number of aromatic amines is 1. The Labute approximate surface area is 146 Å². The lowest BCUT2D eigenvalue weighted by atomic mass is 10.0. The molecule has 0 saturated heterocycles. The summed E-state index contributed by atoms with van der Waals surface area (Å²) in [6.45, 7) is 2.67. The molecule has 0 spiro atoms. The van der Waals surface area contributed by atoms with Crippen molar-refractivity contribution in [2.45, 2.75) is 19.5 Å². The van der Waals surface area contributed by atoms with Gasteiger partial charge in [0.25, 0.3) is 5.91 Å². The van der Waals surface area contributed by atoms with E-state index in [-0.39, 0.29) is 11.9 Å². The number of hydrogen-bond acceptors (Lipinski definition) is 3. The maximum absolute atomic E-state index is 13.0. The van der Waals surface area contributed by atoms with E-state index in [1.165, 1.54) is 0 Å². The standard InChI is InChI=1S/C20H19N3O2/c1-13(14-4-3-5-18(8-14)25-2)23-12-16-7-6-15(9-19(16)20(23)24)17-10-21-22-11-17/h3-11,13H,12H2,1-2H3,(H,21,22)/t13-/m1/s1. The summed E-state index contributed by atoms with van der Waals surface area (Å²) in [5, 5.41) is 6.79. The number of nitrogens with zero attached hydrogens (tertiary/aromatic N) is 2. The van der Waals surface area contributed by atoms with Crippen LogP contribution in [0.5, 0.6) is 5.75 Å². The molecule has 1 amide bonds. The third kappa shape index (κ3) is 2.67. The Morgan fingerprint density at radius 3 is 2.84 bits per heavy atom. The van der Waals surface area contributed by atoms with Gasteiger partial charge < -0.3 is 9.64 Å². The highest BCUT2D eigenvalue weighted by Crippen LogP contribution is 2.34. The lowest BCUT2D eigenvalue weighted by Crippen LogP contribution is -2.27. The highest BCUT2D eigenvalue weighted by atomic mass is 16.5. The molecule has 3 aromatic rings. The summed E-state index contributed by atoms with van der Waals surface area (Å²) in [5.41, 5.74) is 4.88. The summed E-state index contributed by atoms with van der Waals surface area (Å²) in [6, 6.07) is 13.9. The number of aromatic nitrogens is 2. The molecule has 5 heteroatoms. The second-order valence-electron chi connectivity index (χ2n) is 6.24. The van der Waals surface area contributed by atoms with Gasteiger partial charge in [-0.15, -0.1) is 0 Å². The van der Waals surface area contributed by atoms with Crippen molar-refractivity contribution < 1.29 is 9.53 Å². The minimum absolute atomic E-state index is 0.0209. The van der Waals surface area contributed by atoms with Crippen molar-refractivity contribution in [3.8, 4) is 16.9 Å². The first-order valence-electron chi connectivity index (χ1n) is 8.24. The first-order chi connectivity index (χ1) is 12.2. The highest BCUT2D eigenvalue weighted by Gasteiger charge is 2.31. The quantitative estimate of drug-likeness (QED) is 0.790. The van der Waals surface area contributed by atoms with Gasteiger partial charge in [0.15, 0.2) is 0 Å². The Morgan fingerprint density at radius 2 is 2.08 bits per heavy atom. The molecule has 25 heavy (non-hydrogen) atoms. The van der Waals surface area contributed by atoms with Gasteiger partial charge >= 0.3 is 0 Å². The Kier molecular flexibility index (Phi) is 3.76. The van der Waals surface area contributed by atoms with E-state index in [2.05, 4.69) is 17.1 Å². The zero-order valence-corrected chi connectivity index (χ0v) is 14.2. The topological polar surface area (TPSA) is 58.2 Å². The van der Waals surface area contributed by atoms with Gasteiger partial charge in [-0.05, 0) is 41.8 Å². The average Bonchev–Trinajstić information content (AvgIpc) is 3.29. The zero-order chi connectivity index (χ0) is 17.4. The van der Waals surface area contributed by atoms with E-state index in [1.54, 1.807) is 13.3 Å². The van der Waals surface area contributed by atoms with Crippen LogP contribution in [-0.4, -0.2) is 28.1 Å². The molecule has 5 nitrogen and oxygen atoms in total. The number of amides is 1. The molecule has 126 valence electrons. The van der Waals surface area contributed by atoms with E-state index < -0.39 is 0 Å². The summed E-state index contributed by atoms with van der Waals surface area (Å²) >= 11 is 0. The number of ether oxygens (including phenoxy) is 1. The minimum Gasteiger partial charge on any atom is -0.497 e. The van der Waals surface area contributed by atoms with E-state index in [0.717, 1.165) is 33.6 Å². The summed E-state index contributed by atoms with van der Waals surface area (Å²) in [6.07, 6.45) is 3.59. The van der Waals surface area contributed by atoms with E-state index in [9.17, 15) is 4.79 Å². The molecule has 0 aliphatic carbocycles. The van der Waals surface area contributed by atoms with Gasteiger partial charge in [0.05, 0.1) is 19.3 Å². The van der Waals surface area contributed by atoms with E-state index in [0.29, 0.717) is 6.54 Å². The van der Waals surface area contributed by atoms with Crippen molar-refractivity contribution in [1.82, 2.24) is 15.1 Å². The Morgan fingerprint density at radius 1 is 1.20 bits per heavy atom. The predicted molar refractivity (Wildman–Crippen MR) is 95.3 cm³/mol. The molecule has 2 heterocycles. The number of rotatable bonds is 4. The maximum atomic E-state index is 13.0. The molecule has 1 atom stereocenters. The number of carbonyl (C=O) groups is 1. The van der Waals surface area contributed by atoms with Crippen LogP contribution < -0.4 is 4.74 Å². The second kappa shape index (κ2) is 6.09. The van der Waals surface area contributed by atoms with Crippen molar-refractivity contribution in [3.05, 3.63) is 71.5 Å². The fraction of sp³-hybridized carbons (Fsp3) is 0.200. The van der Waals surface area contributed by atoms with Crippen molar-refractivity contribution in [1.29, 1.82) is 0 Å². The van der Waals surface area contributed by atoms with Gasteiger partial charge in [-0.3, -0.25) is 9.89 Å². The number of benzene rings is 2. The first kappa shape index (κ1) is 15.4. The van der Waals surface area contributed by atoms with Crippen LogP contribution in [0.4, 0.5) is 0 Å². The van der Waals surface area contributed by atoms with Crippen LogP contribution in [0.25, 0.3) is 11.1 Å². The van der Waals surface area contributed by atoms with Crippen LogP contribution in [0, 0.1) is 0 Å². The van der Waals surface area contributed by atoms with Crippen LogP contribution in [0.3, 0.4) is 0 Å². The largest absolute Gasteiger partial charge is 0.497 e. The van der Waals surface area contributed by atoms with E-state index in [1.807, 2.05) is 53.6 Å². The lowest BCUT2D eigenvalue weighted by Gasteiger charge is -2.25. The molecule has 0 radical (unpaired) electrons. The molecule has 1 aliphatic heterocycles. The molecule has 2 aromatic carbocycles. The number of fused-ring (bicyclic) bond motifs is 1. The SMILES string of the molecule is COc1cccc([C@@H](C)N2Cc3ccc(-c4cn[nH]c4)cc3C2=O)c1. The van der Waals surface area contributed by atoms with Gasteiger partial charge in [-0.1, -0.05) is 24.3 Å². The number of nitrogens with one attached hydrogen (secondary N) is 1. The Bertz CT molecular complexity index is 918. The van der Waals surface area contributed by atoms with Crippen LogP contribution >= 0.6 is 0 Å². The maximum Gasteiger partial charge on any atom is 0.255 e. The third-order valence-corrected chi connectivity index (χ3v) is 4.82. The zero-order valence-electron chi connectivity index (χ0n) is 14.2. The molecule has 1 aliphatic rings. The Balaban J connectivity index is 1.63. The summed E-state index contributed by atoms with van der Waals surface area (Å²) < 4.78 is 5.30. The van der Waals surface area contributed by atoms with Gasteiger partial charge in [0.2, 0.25) is 0 Å². The fourth-order valence-electron chi connectivity index (χ4n) is 3.31. The lowest BCUT2D eigenvalue weighted by molar-refractivity contribution is 0.0715. The third-order valence-electron chi connectivity index (χ3n) is 4.82. The summed E-state index contributed by atoms with van der Waals surface area (Å²) in [7, 11) is 1.65. The molecule has 0 unspecified atom stereocenters. The summed E-state index contributed by atoms with van der Waals surface area (Å²) in [4.78, 5) is 14.9. The monoisotopic (exact) mass is 333 g/mol. The van der Waals surface area contributed by atoms with Crippen LogP contribution in [0.2, 0.25) is 0 Å². The molecule has 0 bridgehead atoms. The van der Waals surface area contributed by atoms with Gasteiger partial charge in [0, 0.05) is 23.9 Å². The molecule has 0 saturated carbocycles. The van der Waals surface area contributed by atoms with Crippen molar-refractivity contribution in [2.24, 2.45) is 0 Å². The predicted octanol–water partition coefficient (Wildman–Crippen LogP) is 3.80. The minimum atomic E-state index is -0.0209. The van der Waals surface area contributed by atoms with Crippen molar-refractivity contribution in [2.75, 3.05) is 7.11 Å². The average molecular weight is 333 g/mol. The van der Waals surface area contributed by atoms with E-state index >= 15 is 0 Å². The molecule has 1 N–H and O–H groups in total. The number of hydrogen-bond donors (Lipinski definition) is 1. The highest BCUT2D eigenvalue weighted by molar-refractivity contribution is 5.99. The number of methoxy groups -OCH3 is 1.